The molecule has 0 aliphatic heterocycles. The van der Waals surface area contributed by atoms with Crippen LogP contribution >= 0.6 is 15.9 Å². The average molecular weight is 369 g/mol. The normalized spacial score (nSPS) is 23.6. The predicted octanol–water partition coefficient (Wildman–Crippen LogP) is 3.46. The fourth-order valence-electron chi connectivity index (χ4n) is 2.40. The molecule has 1 aromatic carbocycles. The zero-order valence-electron chi connectivity index (χ0n) is 10.9. The number of hydrogen-bond acceptors (Lipinski definition) is 3. The lowest BCUT2D eigenvalue weighted by Gasteiger charge is -2.28. The number of benzene rings is 1. The molecule has 1 aliphatic carbocycles. The van der Waals surface area contributed by atoms with Crippen molar-refractivity contribution in [2.24, 2.45) is 0 Å². The summed E-state index contributed by atoms with van der Waals surface area (Å²) in [4.78, 5) is 0. The lowest BCUT2D eigenvalue weighted by atomic mass is 9.97. The van der Waals surface area contributed by atoms with Gasteiger partial charge in [-0.15, -0.1) is 0 Å². The average Bonchev–Trinajstić information content (AvgIpc) is 2.35. The highest BCUT2D eigenvalue weighted by Gasteiger charge is 2.30. The Morgan fingerprint density at radius 3 is 2.65 bits per heavy atom. The Morgan fingerprint density at radius 1 is 1.30 bits per heavy atom. The first-order valence-electron chi connectivity index (χ1n) is 6.27. The minimum Gasteiger partial charge on any atom is -0.487 e. The van der Waals surface area contributed by atoms with Gasteiger partial charge in [0.15, 0.2) is 11.6 Å². The molecule has 1 aliphatic rings. The molecule has 0 spiro atoms. The third kappa shape index (κ3) is 3.69. The molecule has 1 aromatic rings. The van der Waals surface area contributed by atoms with Crippen molar-refractivity contribution in [3.63, 3.8) is 0 Å². The highest BCUT2D eigenvalue weighted by atomic mass is 79.9. The van der Waals surface area contributed by atoms with Crippen molar-refractivity contribution in [2.45, 2.75) is 37.0 Å². The minimum absolute atomic E-state index is 0.184. The maximum absolute atomic E-state index is 13.6. The van der Waals surface area contributed by atoms with Crippen LogP contribution in [0.5, 0.6) is 5.75 Å². The number of halogens is 3. The number of hydrogen-bond donors (Lipinski definition) is 0. The fraction of sp³-hybridized carbons (Fsp3) is 0.538. The van der Waals surface area contributed by atoms with Crippen LogP contribution in [-0.2, 0) is 9.84 Å². The van der Waals surface area contributed by atoms with Crippen LogP contribution < -0.4 is 4.74 Å². The van der Waals surface area contributed by atoms with Gasteiger partial charge in [-0.3, -0.25) is 0 Å². The van der Waals surface area contributed by atoms with E-state index in [0.717, 1.165) is 6.07 Å². The molecule has 1 fully saturated rings. The van der Waals surface area contributed by atoms with Crippen molar-refractivity contribution in [3.05, 3.63) is 28.2 Å². The van der Waals surface area contributed by atoms with Crippen LogP contribution in [0.1, 0.15) is 25.7 Å². The van der Waals surface area contributed by atoms with Crippen molar-refractivity contribution >= 4 is 25.8 Å². The smallest absolute Gasteiger partial charge is 0.200 e. The summed E-state index contributed by atoms with van der Waals surface area (Å²) in [6.45, 7) is 0. The lowest BCUT2D eigenvalue weighted by Crippen LogP contribution is -2.33. The summed E-state index contributed by atoms with van der Waals surface area (Å²) in [5.74, 6) is -2.23. The van der Waals surface area contributed by atoms with Gasteiger partial charge in [0.25, 0.3) is 0 Å². The first kappa shape index (κ1) is 15.7. The molecule has 112 valence electrons. The van der Waals surface area contributed by atoms with Gasteiger partial charge in [-0.1, -0.05) is 15.9 Å². The first-order valence-corrected chi connectivity index (χ1v) is 9.02. The van der Waals surface area contributed by atoms with Crippen LogP contribution in [0.4, 0.5) is 8.78 Å². The van der Waals surface area contributed by atoms with Crippen LogP contribution in [0.15, 0.2) is 16.6 Å². The summed E-state index contributed by atoms with van der Waals surface area (Å²) in [5.41, 5.74) is 0. The molecule has 0 aromatic heterocycles. The monoisotopic (exact) mass is 368 g/mol. The maximum Gasteiger partial charge on any atom is 0.200 e. The Hall–Kier alpha value is -0.690. The molecule has 2 unspecified atom stereocenters. The number of sulfone groups is 1. The van der Waals surface area contributed by atoms with E-state index in [1.807, 2.05) is 0 Å². The Kier molecular flexibility index (Phi) is 4.69. The summed E-state index contributed by atoms with van der Waals surface area (Å²) in [5, 5.41) is -0.471. The second-order valence-electron chi connectivity index (χ2n) is 5.06. The Bertz CT molecular complexity index is 604. The predicted molar refractivity (Wildman–Crippen MR) is 75.6 cm³/mol. The molecule has 0 bridgehead atoms. The zero-order chi connectivity index (χ0) is 14.9. The summed E-state index contributed by atoms with van der Waals surface area (Å²) < 4.78 is 55.9. The Balaban J connectivity index is 2.14. The standard InChI is InChI=1S/C13H15BrF2O3S/c1-20(17,18)10-4-2-3-9(7-10)19-12-6-8(14)5-11(15)13(12)16/h5-6,9-10H,2-4,7H2,1H3. The molecule has 2 atom stereocenters. The van der Waals surface area contributed by atoms with E-state index < -0.39 is 32.8 Å². The molecule has 0 saturated heterocycles. The molecule has 0 heterocycles. The molecule has 1 saturated carbocycles. The maximum atomic E-state index is 13.6. The first-order chi connectivity index (χ1) is 9.27. The van der Waals surface area contributed by atoms with Gasteiger partial charge in [0, 0.05) is 17.1 Å². The van der Waals surface area contributed by atoms with E-state index in [1.54, 1.807) is 0 Å². The van der Waals surface area contributed by atoms with Crippen molar-refractivity contribution in [3.8, 4) is 5.75 Å². The second-order valence-corrected chi connectivity index (χ2v) is 8.30. The van der Waals surface area contributed by atoms with Gasteiger partial charge in [-0.25, -0.2) is 12.8 Å². The van der Waals surface area contributed by atoms with Gasteiger partial charge < -0.3 is 4.74 Å². The van der Waals surface area contributed by atoms with Crippen LogP contribution in [-0.4, -0.2) is 26.0 Å². The van der Waals surface area contributed by atoms with Crippen molar-refractivity contribution in [2.75, 3.05) is 6.26 Å². The molecular weight excluding hydrogens is 354 g/mol. The van der Waals surface area contributed by atoms with E-state index in [-0.39, 0.29) is 5.75 Å². The van der Waals surface area contributed by atoms with Crippen LogP contribution in [0.2, 0.25) is 0 Å². The Labute approximate surface area is 125 Å². The Morgan fingerprint density at radius 2 is 2.00 bits per heavy atom. The topological polar surface area (TPSA) is 43.4 Å². The second kappa shape index (κ2) is 5.97. The lowest BCUT2D eigenvalue weighted by molar-refractivity contribution is 0.148. The van der Waals surface area contributed by atoms with E-state index in [9.17, 15) is 17.2 Å². The van der Waals surface area contributed by atoms with E-state index in [4.69, 9.17) is 4.74 Å². The quantitative estimate of drug-likeness (QED) is 0.767. The largest absolute Gasteiger partial charge is 0.487 e. The van der Waals surface area contributed by atoms with Gasteiger partial charge in [-0.2, -0.15) is 4.39 Å². The number of rotatable bonds is 3. The van der Waals surface area contributed by atoms with Gasteiger partial charge in [-0.05, 0) is 31.4 Å². The fourth-order valence-corrected chi connectivity index (χ4v) is 3.96. The van der Waals surface area contributed by atoms with Gasteiger partial charge >= 0.3 is 0 Å². The van der Waals surface area contributed by atoms with Gasteiger partial charge in [0.1, 0.15) is 15.9 Å². The molecule has 2 rings (SSSR count). The van der Waals surface area contributed by atoms with Crippen molar-refractivity contribution in [1.29, 1.82) is 0 Å². The van der Waals surface area contributed by atoms with Gasteiger partial charge in [0.05, 0.1) is 5.25 Å². The molecule has 0 radical (unpaired) electrons. The highest BCUT2D eigenvalue weighted by Crippen LogP contribution is 2.31. The van der Waals surface area contributed by atoms with E-state index in [1.165, 1.54) is 12.3 Å². The van der Waals surface area contributed by atoms with E-state index >= 15 is 0 Å². The van der Waals surface area contributed by atoms with Crippen LogP contribution in [0, 0.1) is 11.6 Å². The number of ether oxygens (including phenoxy) is 1. The summed E-state index contributed by atoms with van der Waals surface area (Å²) in [6.07, 6.45) is 3.02. The van der Waals surface area contributed by atoms with Crippen LogP contribution in [0.25, 0.3) is 0 Å². The molecule has 20 heavy (non-hydrogen) atoms. The highest BCUT2D eigenvalue weighted by molar-refractivity contribution is 9.10. The third-order valence-electron chi connectivity index (χ3n) is 3.44. The zero-order valence-corrected chi connectivity index (χ0v) is 13.3. The van der Waals surface area contributed by atoms with Crippen LogP contribution in [0.3, 0.4) is 0 Å². The SMILES string of the molecule is CS(=O)(=O)C1CCCC(Oc2cc(Br)cc(F)c2F)C1. The summed E-state index contributed by atoms with van der Waals surface area (Å²) in [6, 6.07) is 2.37. The molecule has 3 nitrogen and oxygen atoms in total. The van der Waals surface area contributed by atoms with Crippen molar-refractivity contribution in [1.82, 2.24) is 0 Å². The van der Waals surface area contributed by atoms with Crippen molar-refractivity contribution < 1.29 is 21.9 Å². The van der Waals surface area contributed by atoms with E-state index in [2.05, 4.69) is 15.9 Å². The third-order valence-corrected chi connectivity index (χ3v) is 5.53. The summed E-state index contributed by atoms with van der Waals surface area (Å²) >= 11 is 3.07. The molecular formula is C13H15BrF2O3S. The molecule has 0 amide bonds. The van der Waals surface area contributed by atoms with E-state index in [0.29, 0.717) is 30.2 Å². The molecule has 0 N–H and O–H groups in total. The molecule has 7 heteroatoms. The summed E-state index contributed by atoms with van der Waals surface area (Å²) in [7, 11) is -3.13. The minimum atomic E-state index is -3.13. The van der Waals surface area contributed by atoms with Gasteiger partial charge in [0.2, 0.25) is 5.82 Å².